The predicted molar refractivity (Wildman–Crippen MR) is 54.4 cm³/mol. The van der Waals surface area contributed by atoms with E-state index >= 15 is 0 Å². The fourth-order valence-electron chi connectivity index (χ4n) is 0.828. The molecule has 0 aliphatic heterocycles. The molecule has 0 saturated carbocycles. The van der Waals surface area contributed by atoms with Crippen LogP contribution in [0.5, 0.6) is 0 Å². The number of rotatable bonds is 2. The van der Waals surface area contributed by atoms with Gasteiger partial charge in [-0.1, -0.05) is 37.3 Å². The summed E-state index contributed by atoms with van der Waals surface area (Å²) in [5.74, 6) is -0.624. The number of carboxylic acids is 1. The second-order valence-corrected chi connectivity index (χ2v) is 2.66. The van der Waals surface area contributed by atoms with E-state index in [0.29, 0.717) is 6.42 Å². The number of Topliss-reactive ketones (excluding diaryl/α,β-unsaturated/α-hetero) is 1. The molecule has 0 radical (unpaired) electrons. The average molecular weight is 194 g/mol. The van der Waals surface area contributed by atoms with E-state index in [0.717, 1.165) is 12.5 Å². The minimum absolute atomic E-state index is 0.209. The van der Waals surface area contributed by atoms with E-state index in [2.05, 4.69) is 0 Å². The van der Waals surface area contributed by atoms with Gasteiger partial charge in [0.05, 0.1) is 0 Å². The van der Waals surface area contributed by atoms with Gasteiger partial charge < -0.3 is 5.11 Å². The molecule has 0 atom stereocenters. The van der Waals surface area contributed by atoms with E-state index in [1.165, 1.54) is 0 Å². The van der Waals surface area contributed by atoms with E-state index in [4.69, 9.17) is 9.90 Å². The van der Waals surface area contributed by atoms with Crippen molar-refractivity contribution in [2.24, 2.45) is 0 Å². The molecule has 3 nitrogen and oxygen atoms in total. The van der Waals surface area contributed by atoms with Gasteiger partial charge in [-0.15, -0.1) is 0 Å². The zero-order valence-electron chi connectivity index (χ0n) is 8.36. The summed E-state index contributed by atoms with van der Waals surface area (Å²) in [4.78, 5) is 20.0. The van der Waals surface area contributed by atoms with Crippen molar-refractivity contribution in [2.75, 3.05) is 0 Å². The lowest BCUT2D eigenvalue weighted by atomic mass is 10.1. The van der Waals surface area contributed by atoms with Crippen molar-refractivity contribution in [1.29, 1.82) is 0 Å². The van der Waals surface area contributed by atoms with Gasteiger partial charge in [-0.2, -0.15) is 0 Å². The van der Waals surface area contributed by atoms with Gasteiger partial charge in [-0.05, 0) is 0 Å². The molecule has 0 amide bonds. The van der Waals surface area contributed by atoms with Gasteiger partial charge in [0.1, 0.15) is 0 Å². The van der Waals surface area contributed by atoms with Crippen LogP contribution in [0.25, 0.3) is 0 Å². The van der Waals surface area contributed by atoms with Crippen LogP contribution < -0.4 is 0 Å². The summed E-state index contributed by atoms with van der Waals surface area (Å²) in [5.41, 5.74) is 0.810. The Hall–Kier alpha value is -1.64. The van der Waals surface area contributed by atoms with Crippen LogP contribution >= 0.6 is 0 Å². The number of hydrogen-bond acceptors (Lipinski definition) is 2. The van der Waals surface area contributed by atoms with Gasteiger partial charge in [0.2, 0.25) is 0 Å². The zero-order chi connectivity index (χ0) is 11.0. The fourth-order valence-corrected chi connectivity index (χ4v) is 0.828. The van der Waals surface area contributed by atoms with Gasteiger partial charge in [-0.25, -0.2) is 0 Å². The first-order valence-corrected chi connectivity index (χ1v) is 4.35. The summed E-state index contributed by atoms with van der Waals surface area (Å²) in [6.07, 6.45) is 0.587. The van der Waals surface area contributed by atoms with Crippen LogP contribution in [-0.2, 0) is 4.79 Å². The van der Waals surface area contributed by atoms with Crippen LogP contribution in [0.4, 0.5) is 0 Å². The number of aliphatic carboxylic acids is 1. The van der Waals surface area contributed by atoms with Crippen molar-refractivity contribution in [3.8, 4) is 0 Å². The topological polar surface area (TPSA) is 54.4 Å². The highest BCUT2D eigenvalue weighted by Crippen LogP contribution is 2.01. The molecule has 0 spiro atoms. The van der Waals surface area contributed by atoms with E-state index in [1.54, 1.807) is 0 Å². The molecule has 3 heteroatoms. The van der Waals surface area contributed by atoms with Crippen molar-refractivity contribution in [3.05, 3.63) is 35.9 Å². The summed E-state index contributed by atoms with van der Waals surface area (Å²) in [5, 5.41) is 7.42. The first-order chi connectivity index (χ1) is 6.57. The minimum Gasteiger partial charge on any atom is -0.481 e. The summed E-state index contributed by atoms with van der Waals surface area (Å²) >= 11 is 0. The van der Waals surface area contributed by atoms with E-state index in [-0.39, 0.29) is 5.78 Å². The molecule has 1 N–H and O–H groups in total. The maximum Gasteiger partial charge on any atom is 0.300 e. The SMILES string of the molecule is CC(=O)O.CCC(=O)c1ccccc1. The molecule has 1 rings (SSSR count). The molecule has 0 aliphatic carbocycles. The molecule has 0 saturated heterocycles. The van der Waals surface area contributed by atoms with E-state index in [1.807, 2.05) is 37.3 Å². The summed E-state index contributed by atoms with van der Waals surface area (Å²) in [7, 11) is 0. The molecule has 76 valence electrons. The first kappa shape index (κ1) is 12.4. The third-order valence-electron chi connectivity index (χ3n) is 1.42. The van der Waals surface area contributed by atoms with Crippen molar-refractivity contribution in [3.63, 3.8) is 0 Å². The molecule has 0 heterocycles. The Kier molecular flexibility index (Phi) is 6.03. The first-order valence-electron chi connectivity index (χ1n) is 4.35. The molecule has 0 aliphatic rings. The van der Waals surface area contributed by atoms with Gasteiger partial charge in [0, 0.05) is 18.9 Å². The van der Waals surface area contributed by atoms with Crippen molar-refractivity contribution >= 4 is 11.8 Å². The van der Waals surface area contributed by atoms with Crippen LogP contribution in [0.15, 0.2) is 30.3 Å². The third-order valence-corrected chi connectivity index (χ3v) is 1.42. The van der Waals surface area contributed by atoms with Crippen LogP contribution in [0.3, 0.4) is 0 Å². The lowest BCUT2D eigenvalue weighted by Crippen LogP contribution is -1.94. The maximum absolute atomic E-state index is 11.0. The Balaban J connectivity index is 0.000000364. The second kappa shape index (κ2) is 6.83. The highest BCUT2D eigenvalue weighted by molar-refractivity contribution is 5.95. The van der Waals surface area contributed by atoms with E-state index < -0.39 is 5.97 Å². The highest BCUT2D eigenvalue weighted by atomic mass is 16.4. The van der Waals surface area contributed by atoms with Crippen LogP contribution in [0, 0.1) is 0 Å². The second-order valence-electron chi connectivity index (χ2n) is 2.66. The van der Waals surface area contributed by atoms with Gasteiger partial charge in [0.25, 0.3) is 5.97 Å². The van der Waals surface area contributed by atoms with Gasteiger partial charge in [0.15, 0.2) is 5.78 Å². The van der Waals surface area contributed by atoms with Crippen molar-refractivity contribution in [2.45, 2.75) is 20.3 Å². The summed E-state index contributed by atoms with van der Waals surface area (Å²) < 4.78 is 0. The molecule has 0 aromatic heterocycles. The largest absolute Gasteiger partial charge is 0.481 e. The Morgan fingerprint density at radius 3 is 2.00 bits per heavy atom. The molecular formula is C11H14O3. The maximum atomic E-state index is 11.0. The van der Waals surface area contributed by atoms with Crippen molar-refractivity contribution in [1.82, 2.24) is 0 Å². The average Bonchev–Trinajstić information content (AvgIpc) is 2.17. The molecule has 1 aromatic carbocycles. The molecule has 1 aromatic rings. The quantitative estimate of drug-likeness (QED) is 0.735. The summed E-state index contributed by atoms with van der Waals surface area (Å²) in [6, 6.07) is 9.34. The van der Waals surface area contributed by atoms with Crippen LogP contribution in [-0.4, -0.2) is 16.9 Å². The monoisotopic (exact) mass is 194 g/mol. The Morgan fingerprint density at radius 1 is 1.21 bits per heavy atom. The van der Waals surface area contributed by atoms with Crippen LogP contribution in [0.1, 0.15) is 30.6 Å². The standard InChI is InChI=1S/C9H10O.C2H4O2/c1-2-9(10)8-6-4-3-5-7-8;1-2(3)4/h3-7H,2H2,1H3;1H3,(H,3,4). The predicted octanol–water partition coefficient (Wildman–Crippen LogP) is 2.37. The Labute approximate surface area is 83.4 Å². The number of benzene rings is 1. The van der Waals surface area contributed by atoms with Crippen LogP contribution in [0.2, 0.25) is 0 Å². The van der Waals surface area contributed by atoms with E-state index in [9.17, 15) is 4.79 Å². The highest BCUT2D eigenvalue weighted by Gasteiger charge is 1.98. The number of carboxylic acid groups (broad SMARTS) is 1. The zero-order valence-corrected chi connectivity index (χ0v) is 8.36. The number of carbonyl (C=O) groups excluding carboxylic acids is 1. The third kappa shape index (κ3) is 5.94. The summed E-state index contributed by atoms with van der Waals surface area (Å²) in [6.45, 7) is 2.95. The van der Waals surface area contributed by atoms with Gasteiger partial charge >= 0.3 is 0 Å². The molecule has 14 heavy (non-hydrogen) atoms. The molecule has 0 fully saturated rings. The van der Waals surface area contributed by atoms with Gasteiger partial charge in [-0.3, -0.25) is 9.59 Å². The van der Waals surface area contributed by atoms with Crippen molar-refractivity contribution < 1.29 is 14.7 Å². The molecular weight excluding hydrogens is 180 g/mol. The normalized spacial score (nSPS) is 8.43. The molecule has 0 unspecified atom stereocenters. The number of ketones is 1. The Bertz CT molecular complexity index is 287. The minimum atomic E-state index is -0.833. The lowest BCUT2D eigenvalue weighted by molar-refractivity contribution is -0.134. The fraction of sp³-hybridized carbons (Fsp3) is 0.273. The molecule has 0 bridgehead atoms. The Morgan fingerprint density at radius 2 is 1.64 bits per heavy atom. The lowest BCUT2D eigenvalue weighted by Gasteiger charge is -1.93. The number of hydrogen-bond donors (Lipinski definition) is 1. The number of carbonyl (C=O) groups is 2. The smallest absolute Gasteiger partial charge is 0.300 e.